The normalized spacial score (nSPS) is 10.4. The summed E-state index contributed by atoms with van der Waals surface area (Å²) in [5.74, 6) is -0.780. The number of hydrogen-bond donors (Lipinski definition) is 1. The van der Waals surface area contributed by atoms with Crippen molar-refractivity contribution >= 4 is 21.9 Å². The molecule has 0 radical (unpaired) electrons. The molecule has 4 nitrogen and oxygen atoms in total. The molecule has 24 heavy (non-hydrogen) atoms. The number of hydrogen-bond acceptors (Lipinski definition) is 4. The van der Waals surface area contributed by atoms with Gasteiger partial charge in [0.25, 0.3) is 0 Å². The lowest BCUT2D eigenvalue weighted by molar-refractivity contribution is 0.602. The fourth-order valence-electron chi connectivity index (χ4n) is 2.42. The van der Waals surface area contributed by atoms with Gasteiger partial charge in [0.15, 0.2) is 0 Å². The van der Waals surface area contributed by atoms with E-state index in [1.807, 2.05) is 0 Å². The number of rotatable bonds is 1. The number of nitriles is 1. The Labute approximate surface area is 135 Å². The highest BCUT2D eigenvalue weighted by Crippen LogP contribution is 2.22. The van der Waals surface area contributed by atoms with E-state index in [-0.39, 0.29) is 17.9 Å². The molecule has 0 fully saturated rings. The van der Waals surface area contributed by atoms with Crippen molar-refractivity contribution in [3.05, 3.63) is 71.7 Å². The summed E-state index contributed by atoms with van der Waals surface area (Å²) in [4.78, 5) is 0. The van der Waals surface area contributed by atoms with Crippen LogP contribution in [-0.2, 0) is 6.54 Å². The first kappa shape index (κ1) is 15.7. The predicted octanol–water partition coefficient (Wildman–Crippen LogP) is 4.47. The molecular weight excluding hydrogens is 314 g/mol. The molecular formula is C18H12F2N2O2. The number of fused-ring (bicyclic) bond motifs is 2. The van der Waals surface area contributed by atoms with Gasteiger partial charge in [-0.15, -0.1) is 0 Å². The van der Waals surface area contributed by atoms with Crippen LogP contribution in [0.5, 0.6) is 0 Å². The van der Waals surface area contributed by atoms with Crippen LogP contribution < -0.4 is 5.73 Å². The average molecular weight is 326 g/mol. The van der Waals surface area contributed by atoms with E-state index in [1.54, 1.807) is 24.3 Å². The van der Waals surface area contributed by atoms with Crippen molar-refractivity contribution in [2.75, 3.05) is 0 Å². The number of halogens is 2. The molecule has 0 aliphatic carbocycles. The zero-order valence-corrected chi connectivity index (χ0v) is 12.4. The second-order valence-corrected chi connectivity index (χ2v) is 4.93. The molecule has 120 valence electrons. The van der Waals surface area contributed by atoms with E-state index in [4.69, 9.17) is 19.8 Å². The molecule has 4 rings (SSSR count). The molecule has 0 saturated carbocycles. The van der Waals surface area contributed by atoms with Crippen molar-refractivity contribution < 1.29 is 17.6 Å². The molecule has 2 N–H and O–H groups in total. The van der Waals surface area contributed by atoms with Crippen LogP contribution in [0.3, 0.4) is 0 Å². The molecule has 0 atom stereocenters. The standard InChI is InChI=1S/C9H8FNO.C9H4FNO/c2*10-8-1-2-9-6(3-4-12-9)7(8)5-11/h1-4H,5,11H2;1-4H. The smallest absolute Gasteiger partial charge is 0.141 e. The third kappa shape index (κ3) is 2.73. The number of nitrogens with zero attached hydrogens (tertiary/aromatic N) is 1. The molecule has 2 aromatic carbocycles. The van der Waals surface area contributed by atoms with Crippen LogP contribution in [0.25, 0.3) is 21.9 Å². The molecule has 0 aliphatic heterocycles. The Bertz CT molecular complexity index is 1040. The van der Waals surface area contributed by atoms with Crippen LogP contribution in [-0.4, -0.2) is 0 Å². The molecule has 2 aromatic heterocycles. The molecule has 0 saturated heterocycles. The van der Waals surface area contributed by atoms with Crippen molar-refractivity contribution in [1.82, 2.24) is 0 Å². The molecule has 0 bridgehead atoms. The van der Waals surface area contributed by atoms with E-state index in [0.717, 1.165) is 5.39 Å². The van der Waals surface area contributed by atoms with Crippen LogP contribution >= 0.6 is 0 Å². The van der Waals surface area contributed by atoms with Gasteiger partial charge < -0.3 is 14.6 Å². The fraction of sp³-hybridized carbons (Fsp3) is 0.0556. The first-order chi connectivity index (χ1) is 11.7. The fourth-order valence-corrected chi connectivity index (χ4v) is 2.42. The largest absolute Gasteiger partial charge is 0.464 e. The Balaban J connectivity index is 0.000000141. The summed E-state index contributed by atoms with van der Waals surface area (Å²) in [6, 6.07) is 10.8. The lowest BCUT2D eigenvalue weighted by Crippen LogP contribution is -1.99. The van der Waals surface area contributed by atoms with Crippen LogP contribution in [0.15, 0.2) is 57.8 Å². The second kappa shape index (κ2) is 6.52. The van der Waals surface area contributed by atoms with Gasteiger partial charge in [-0.3, -0.25) is 0 Å². The molecule has 2 heterocycles. The quantitative estimate of drug-likeness (QED) is 0.560. The van der Waals surface area contributed by atoms with Gasteiger partial charge in [0.05, 0.1) is 18.1 Å². The molecule has 0 unspecified atom stereocenters. The topological polar surface area (TPSA) is 76.1 Å². The van der Waals surface area contributed by atoms with Gasteiger partial charge in [-0.1, -0.05) is 0 Å². The number of nitrogens with two attached hydrogens (primary N) is 1. The first-order valence-corrected chi connectivity index (χ1v) is 7.06. The van der Waals surface area contributed by atoms with Crippen molar-refractivity contribution in [3.63, 3.8) is 0 Å². The SMILES string of the molecule is N#Cc1c(F)ccc2occc12.NCc1c(F)ccc2occc12. The minimum atomic E-state index is -0.508. The highest BCUT2D eigenvalue weighted by atomic mass is 19.1. The van der Waals surface area contributed by atoms with Gasteiger partial charge in [-0.2, -0.15) is 5.26 Å². The summed E-state index contributed by atoms with van der Waals surface area (Å²) < 4.78 is 36.1. The number of furan rings is 2. The van der Waals surface area contributed by atoms with Crippen LogP contribution in [0.4, 0.5) is 8.78 Å². The highest BCUT2D eigenvalue weighted by molar-refractivity contribution is 5.83. The lowest BCUT2D eigenvalue weighted by atomic mass is 10.1. The first-order valence-electron chi connectivity index (χ1n) is 7.06. The van der Waals surface area contributed by atoms with Gasteiger partial charge in [0.2, 0.25) is 0 Å². The Morgan fingerprint density at radius 3 is 2.08 bits per heavy atom. The molecule has 0 amide bonds. The Hall–Kier alpha value is -3.17. The average Bonchev–Trinajstić information content (AvgIpc) is 3.24. The minimum Gasteiger partial charge on any atom is -0.464 e. The maximum absolute atomic E-state index is 13.1. The van der Waals surface area contributed by atoms with Crippen LogP contribution in [0.1, 0.15) is 11.1 Å². The predicted molar refractivity (Wildman–Crippen MR) is 85.0 cm³/mol. The zero-order valence-electron chi connectivity index (χ0n) is 12.4. The van der Waals surface area contributed by atoms with Crippen LogP contribution in [0.2, 0.25) is 0 Å². The van der Waals surface area contributed by atoms with E-state index >= 15 is 0 Å². The van der Waals surface area contributed by atoms with E-state index in [9.17, 15) is 8.78 Å². The maximum atomic E-state index is 13.1. The minimum absolute atomic E-state index is 0.0428. The summed E-state index contributed by atoms with van der Waals surface area (Å²) in [5.41, 5.74) is 7.16. The maximum Gasteiger partial charge on any atom is 0.141 e. The van der Waals surface area contributed by atoms with Crippen molar-refractivity contribution in [2.24, 2.45) is 5.73 Å². The molecule has 0 spiro atoms. The monoisotopic (exact) mass is 326 g/mol. The zero-order chi connectivity index (χ0) is 17.1. The number of benzene rings is 2. The molecule has 0 aliphatic rings. The van der Waals surface area contributed by atoms with Crippen molar-refractivity contribution in [3.8, 4) is 6.07 Å². The summed E-state index contributed by atoms with van der Waals surface area (Å²) in [7, 11) is 0. The summed E-state index contributed by atoms with van der Waals surface area (Å²) >= 11 is 0. The highest BCUT2D eigenvalue weighted by Gasteiger charge is 2.08. The Kier molecular flexibility index (Phi) is 4.27. The Morgan fingerprint density at radius 1 is 0.875 bits per heavy atom. The third-order valence-corrected chi connectivity index (χ3v) is 3.59. The molecule has 4 aromatic rings. The second-order valence-electron chi connectivity index (χ2n) is 4.93. The molecule has 6 heteroatoms. The van der Waals surface area contributed by atoms with Crippen molar-refractivity contribution in [2.45, 2.75) is 6.54 Å². The van der Waals surface area contributed by atoms with Gasteiger partial charge in [0.1, 0.15) is 28.9 Å². The summed E-state index contributed by atoms with van der Waals surface area (Å²) in [5, 5.41) is 9.89. The Morgan fingerprint density at radius 2 is 1.46 bits per heavy atom. The van der Waals surface area contributed by atoms with Crippen molar-refractivity contribution in [1.29, 1.82) is 5.26 Å². The third-order valence-electron chi connectivity index (χ3n) is 3.59. The summed E-state index contributed by atoms with van der Waals surface area (Å²) in [6.07, 6.45) is 2.97. The van der Waals surface area contributed by atoms with Gasteiger partial charge in [-0.25, -0.2) is 8.78 Å². The van der Waals surface area contributed by atoms with E-state index < -0.39 is 5.82 Å². The van der Waals surface area contributed by atoms with E-state index in [0.29, 0.717) is 22.1 Å². The summed E-state index contributed by atoms with van der Waals surface area (Å²) in [6.45, 7) is 0.197. The van der Waals surface area contributed by atoms with Crippen LogP contribution in [0, 0.1) is 23.0 Å². The van der Waals surface area contributed by atoms with E-state index in [1.165, 1.54) is 30.7 Å². The van der Waals surface area contributed by atoms with Gasteiger partial charge >= 0.3 is 0 Å². The van der Waals surface area contributed by atoms with Gasteiger partial charge in [0, 0.05) is 22.9 Å². The van der Waals surface area contributed by atoms with Gasteiger partial charge in [-0.05, 0) is 36.4 Å². The van der Waals surface area contributed by atoms with E-state index in [2.05, 4.69) is 0 Å². The lowest BCUT2D eigenvalue weighted by Gasteiger charge is -1.99.